The van der Waals surface area contributed by atoms with Crippen LogP contribution >= 0.6 is 23.5 Å². The van der Waals surface area contributed by atoms with Crippen molar-refractivity contribution in [2.24, 2.45) is 5.92 Å². The van der Waals surface area contributed by atoms with Crippen LogP contribution < -0.4 is 0 Å². The topological polar surface area (TPSA) is 12.5 Å². The number of benzene rings is 1. The lowest BCUT2D eigenvalue weighted by Gasteiger charge is -2.54. The van der Waals surface area contributed by atoms with Gasteiger partial charge in [0, 0.05) is 23.2 Å². The highest BCUT2D eigenvalue weighted by atomic mass is 32.2. The molecule has 128 valence electrons. The first kappa shape index (κ1) is 15.7. The zero-order valence-corrected chi connectivity index (χ0v) is 15.7. The average Bonchev–Trinajstić information content (AvgIpc) is 2.83. The van der Waals surface area contributed by atoms with E-state index in [-0.39, 0.29) is 0 Å². The van der Waals surface area contributed by atoms with E-state index in [4.69, 9.17) is 4.74 Å². The van der Waals surface area contributed by atoms with Crippen molar-refractivity contribution >= 4 is 29.2 Å². The molecule has 3 aliphatic heterocycles. The highest BCUT2D eigenvalue weighted by molar-refractivity contribution is 8.19. The molecule has 24 heavy (non-hydrogen) atoms. The molecule has 2 fully saturated rings. The molecule has 4 aliphatic rings. The molecular weight excluding hydrogens is 334 g/mol. The van der Waals surface area contributed by atoms with Crippen molar-refractivity contribution in [2.75, 3.05) is 18.2 Å². The average molecular weight is 360 g/mol. The molecule has 1 aliphatic carbocycles. The second-order valence-electron chi connectivity index (χ2n) is 7.36. The fourth-order valence-electron chi connectivity index (χ4n) is 4.92. The van der Waals surface area contributed by atoms with Crippen molar-refractivity contribution in [1.29, 1.82) is 0 Å². The lowest BCUT2D eigenvalue weighted by atomic mass is 9.77. The Bertz CT molecular complexity index is 653. The third kappa shape index (κ3) is 2.45. The van der Waals surface area contributed by atoms with E-state index in [0.717, 1.165) is 19.3 Å². The van der Waals surface area contributed by atoms with Crippen LogP contribution in [0.15, 0.2) is 30.3 Å². The first-order valence-corrected chi connectivity index (χ1v) is 11.3. The molecule has 0 unspecified atom stereocenters. The molecular formula is C20H25NOS2. The lowest BCUT2D eigenvalue weighted by molar-refractivity contribution is 0.00812. The van der Waals surface area contributed by atoms with Crippen molar-refractivity contribution in [3.63, 3.8) is 0 Å². The quantitative estimate of drug-likeness (QED) is 0.649. The van der Waals surface area contributed by atoms with E-state index >= 15 is 0 Å². The van der Waals surface area contributed by atoms with E-state index in [0.29, 0.717) is 10.1 Å². The summed E-state index contributed by atoms with van der Waals surface area (Å²) in [5.74, 6) is 3.41. The maximum absolute atomic E-state index is 6.09. The lowest BCUT2D eigenvalue weighted by Crippen LogP contribution is -2.53. The van der Waals surface area contributed by atoms with Gasteiger partial charge >= 0.3 is 0 Å². The molecule has 0 radical (unpaired) electrons. The van der Waals surface area contributed by atoms with Crippen molar-refractivity contribution in [3.05, 3.63) is 41.5 Å². The van der Waals surface area contributed by atoms with Crippen molar-refractivity contribution in [3.8, 4) is 0 Å². The first-order chi connectivity index (χ1) is 11.9. The van der Waals surface area contributed by atoms with Crippen LogP contribution in [0.4, 0.5) is 0 Å². The fourth-order valence-corrected chi connectivity index (χ4v) is 8.52. The minimum absolute atomic E-state index is 0.298. The van der Waals surface area contributed by atoms with Gasteiger partial charge in [0.2, 0.25) is 0 Å². The van der Waals surface area contributed by atoms with Crippen LogP contribution in [0.2, 0.25) is 0 Å². The summed E-state index contributed by atoms with van der Waals surface area (Å²) < 4.78 is 6.38. The highest BCUT2D eigenvalue weighted by Crippen LogP contribution is 2.58. The molecule has 1 saturated carbocycles. The summed E-state index contributed by atoms with van der Waals surface area (Å²) in [5, 5.41) is 0. The Balaban J connectivity index is 1.66. The molecule has 1 aromatic carbocycles. The zero-order valence-electron chi connectivity index (χ0n) is 14.1. The van der Waals surface area contributed by atoms with Crippen molar-refractivity contribution in [2.45, 2.75) is 48.8 Å². The molecule has 0 aromatic heterocycles. The second-order valence-corrected chi connectivity index (χ2v) is 10.4. The number of thioether (sulfide) groups is 2. The van der Waals surface area contributed by atoms with Gasteiger partial charge in [-0.05, 0) is 42.4 Å². The standard InChI is InChI=1S/C20H25NOS2/c1-2-7-16-15(6-1)13-22-14-21-18-9-4-3-8-17(18)20(12-19(16)21)23-10-5-11-24-20/h1-2,6-7,12,17-18H,3-5,8-11,13-14H2/t17-,18-/m1/s1. The molecule has 1 saturated heterocycles. The van der Waals surface area contributed by atoms with Gasteiger partial charge in [0.25, 0.3) is 0 Å². The van der Waals surface area contributed by atoms with Crippen LogP contribution in [0.5, 0.6) is 0 Å². The van der Waals surface area contributed by atoms with E-state index in [9.17, 15) is 0 Å². The highest BCUT2D eigenvalue weighted by Gasteiger charge is 2.50. The van der Waals surface area contributed by atoms with Crippen LogP contribution in [0.3, 0.4) is 0 Å². The summed E-state index contributed by atoms with van der Waals surface area (Å²) in [5.41, 5.74) is 4.21. The maximum Gasteiger partial charge on any atom is 0.119 e. The van der Waals surface area contributed by atoms with Gasteiger partial charge in [-0.15, -0.1) is 23.5 Å². The Morgan fingerprint density at radius 3 is 2.79 bits per heavy atom. The number of ether oxygens (including phenoxy) is 1. The number of fused-ring (bicyclic) bond motifs is 6. The van der Waals surface area contributed by atoms with Crippen LogP contribution in [0.1, 0.15) is 43.2 Å². The summed E-state index contributed by atoms with van der Waals surface area (Å²) in [4.78, 5) is 2.61. The molecule has 0 N–H and O–H groups in total. The molecule has 3 heterocycles. The van der Waals surface area contributed by atoms with Crippen LogP contribution in [-0.4, -0.2) is 33.3 Å². The second kappa shape index (κ2) is 6.30. The predicted molar refractivity (Wildman–Crippen MR) is 104 cm³/mol. The smallest absolute Gasteiger partial charge is 0.119 e. The first-order valence-electron chi connectivity index (χ1n) is 9.31. The fraction of sp³-hybridized carbons (Fsp3) is 0.600. The summed E-state index contributed by atoms with van der Waals surface area (Å²) in [6.07, 6.45) is 9.49. The SMILES string of the molecule is C1=C2c3ccccc3COCN2[C@@H]2CCCC[C@H]2C12SCCCS2. The monoisotopic (exact) mass is 359 g/mol. The summed E-state index contributed by atoms with van der Waals surface area (Å²) in [6, 6.07) is 9.52. The Kier molecular flexibility index (Phi) is 4.11. The van der Waals surface area contributed by atoms with Gasteiger partial charge in [0.1, 0.15) is 6.73 Å². The van der Waals surface area contributed by atoms with E-state index in [1.165, 1.54) is 60.4 Å². The van der Waals surface area contributed by atoms with Crippen LogP contribution in [0.25, 0.3) is 5.70 Å². The van der Waals surface area contributed by atoms with Crippen LogP contribution in [0, 0.1) is 5.92 Å². The predicted octanol–water partition coefficient (Wildman–Crippen LogP) is 4.96. The van der Waals surface area contributed by atoms with Gasteiger partial charge in [0.15, 0.2) is 0 Å². The number of hydrogen-bond donors (Lipinski definition) is 0. The van der Waals surface area contributed by atoms with Crippen molar-refractivity contribution in [1.82, 2.24) is 4.90 Å². The van der Waals surface area contributed by atoms with Gasteiger partial charge in [-0.2, -0.15) is 0 Å². The number of rotatable bonds is 0. The van der Waals surface area contributed by atoms with Crippen molar-refractivity contribution < 1.29 is 4.74 Å². The van der Waals surface area contributed by atoms with E-state index in [2.05, 4.69) is 58.8 Å². The Labute approximate surface area is 153 Å². The molecule has 0 amide bonds. The van der Waals surface area contributed by atoms with E-state index < -0.39 is 0 Å². The molecule has 2 atom stereocenters. The van der Waals surface area contributed by atoms with E-state index in [1.54, 1.807) is 0 Å². The molecule has 4 heteroatoms. The zero-order chi connectivity index (χ0) is 16.0. The number of nitrogens with zero attached hydrogens (tertiary/aromatic N) is 1. The maximum atomic E-state index is 6.09. The Morgan fingerprint density at radius 1 is 1.04 bits per heavy atom. The molecule has 1 spiro atoms. The molecule has 0 bridgehead atoms. The normalized spacial score (nSPS) is 31.5. The minimum Gasteiger partial charge on any atom is -0.356 e. The summed E-state index contributed by atoms with van der Waals surface area (Å²) in [7, 11) is 0. The van der Waals surface area contributed by atoms with E-state index in [1.807, 2.05) is 0 Å². The van der Waals surface area contributed by atoms with Crippen LogP contribution in [-0.2, 0) is 11.3 Å². The molecule has 5 rings (SSSR count). The minimum atomic E-state index is 0.298. The van der Waals surface area contributed by atoms with Gasteiger partial charge < -0.3 is 9.64 Å². The van der Waals surface area contributed by atoms with Gasteiger partial charge in [-0.1, -0.05) is 37.1 Å². The molecule has 1 aromatic rings. The van der Waals surface area contributed by atoms with Gasteiger partial charge in [-0.25, -0.2) is 0 Å². The third-order valence-electron chi connectivity index (χ3n) is 6.02. The summed E-state index contributed by atoms with van der Waals surface area (Å²) in [6.45, 7) is 1.50. The Morgan fingerprint density at radius 2 is 1.88 bits per heavy atom. The van der Waals surface area contributed by atoms with Gasteiger partial charge in [-0.3, -0.25) is 0 Å². The summed E-state index contributed by atoms with van der Waals surface area (Å²) >= 11 is 4.46. The Hall–Kier alpha value is -0.580. The number of hydrogen-bond acceptors (Lipinski definition) is 4. The molecule has 2 nitrogen and oxygen atoms in total. The third-order valence-corrected chi connectivity index (χ3v) is 9.46. The largest absolute Gasteiger partial charge is 0.356 e. The van der Waals surface area contributed by atoms with Gasteiger partial charge in [0.05, 0.1) is 10.7 Å².